The molecule has 0 radical (unpaired) electrons. The molecule has 3 heteroatoms. The fourth-order valence-corrected chi connectivity index (χ4v) is 2.44. The standard InChI is InChI=1S/C13H17ClFN/c14-12-6-2-1-4-10(12)8-13(15)11-5-3-7-16-9-11/h1-2,4,6,11,13,16H,3,5,7-9H2. The van der Waals surface area contributed by atoms with Crippen LogP contribution in [-0.4, -0.2) is 19.3 Å². The van der Waals surface area contributed by atoms with Crippen molar-refractivity contribution in [3.8, 4) is 0 Å². The Morgan fingerprint density at radius 3 is 2.94 bits per heavy atom. The topological polar surface area (TPSA) is 12.0 Å². The average molecular weight is 242 g/mol. The predicted molar refractivity (Wildman–Crippen MR) is 65.6 cm³/mol. The first-order chi connectivity index (χ1) is 7.77. The Hall–Kier alpha value is -0.600. The minimum absolute atomic E-state index is 0.144. The maximum absolute atomic E-state index is 14.1. The highest BCUT2D eigenvalue weighted by Crippen LogP contribution is 2.24. The minimum atomic E-state index is -0.785. The average Bonchev–Trinajstić information content (AvgIpc) is 2.33. The van der Waals surface area contributed by atoms with Crippen molar-refractivity contribution in [2.75, 3.05) is 13.1 Å². The van der Waals surface area contributed by atoms with E-state index in [2.05, 4.69) is 5.32 Å². The number of piperidine rings is 1. The molecule has 1 nitrogen and oxygen atoms in total. The van der Waals surface area contributed by atoms with Crippen LogP contribution in [0.5, 0.6) is 0 Å². The van der Waals surface area contributed by atoms with Crippen LogP contribution in [0.2, 0.25) is 5.02 Å². The van der Waals surface area contributed by atoms with E-state index in [1.54, 1.807) is 0 Å². The normalized spacial score (nSPS) is 23.0. The molecule has 0 aliphatic carbocycles. The molecule has 1 N–H and O–H groups in total. The number of benzene rings is 1. The van der Waals surface area contributed by atoms with Gasteiger partial charge in [0.25, 0.3) is 0 Å². The van der Waals surface area contributed by atoms with E-state index < -0.39 is 6.17 Å². The van der Waals surface area contributed by atoms with Gasteiger partial charge in [-0.25, -0.2) is 4.39 Å². The number of nitrogens with one attached hydrogen (secondary N) is 1. The van der Waals surface area contributed by atoms with E-state index in [0.29, 0.717) is 11.4 Å². The summed E-state index contributed by atoms with van der Waals surface area (Å²) in [7, 11) is 0. The summed E-state index contributed by atoms with van der Waals surface area (Å²) in [6.07, 6.45) is 1.71. The van der Waals surface area contributed by atoms with Crippen LogP contribution in [0.25, 0.3) is 0 Å². The zero-order valence-corrected chi connectivity index (χ0v) is 10.0. The van der Waals surface area contributed by atoms with E-state index in [9.17, 15) is 4.39 Å². The lowest BCUT2D eigenvalue weighted by Crippen LogP contribution is -2.35. The maximum Gasteiger partial charge on any atom is 0.108 e. The Bertz CT molecular complexity index is 336. The van der Waals surface area contributed by atoms with Gasteiger partial charge in [-0.05, 0) is 31.0 Å². The fraction of sp³-hybridized carbons (Fsp3) is 0.538. The SMILES string of the molecule is FC(Cc1ccccc1Cl)C1CCCNC1. The lowest BCUT2D eigenvalue weighted by atomic mass is 9.91. The number of hydrogen-bond acceptors (Lipinski definition) is 1. The van der Waals surface area contributed by atoms with Gasteiger partial charge in [-0.2, -0.15) is 0 Å². The van der Waals surface area contributed by atoms with Crippen molar-refractivity contribution in [1.82, 2.24) is 5.32 Å². The molecule has 1 aliphatic heterocycles. The molecule has 2 rings (SSSR count). The molecule has 0 bridgehead atoms. The molecular weight excluding hydrogens is 225 g/mol. The molecule has 1 aliphatic rings. The molecule has 1 heterocycles. The first-order valence-electron chi connectivity index (χ1n) is 5.85. The van der Waals surface area contributed by atoms with Gasteiger partial charge in [0.05, 0.1) is 0 Å². The third-order valence-corrected chi connectivity index (χ3v) is 3.59. The Labute approximate surface area is 101 Å². The first-order valence-corrected chi connectivity index (χ1v) is 6.23. The van der Waals surface area contributed by atoms with Crippen molar-refractivity contribution < 1.29 is 4.39 Å². The number of hydrogen-bond donors (Lipinski definition) is 1. The van der Waals surface area contributed by atoms with E-state index in [1.165, 1.54) is 0 Å². The lowest BCUT2D eigenvalue weighted by molar-refractivity contribution is 0.191. The van der Waals surface area contributed by atoms with E-state index in [4.69, 9.17) is 11.6 Å². The smallest absolute Gasteiger partial charge is 0.108 e. The van der Waals surface area contributed by atoms with E-state index >= 15 is 0 Å². The zero-order chi connectivity index (χ0) is 11.4. The Morgan fingerprint density at radius 1 is 1.44 bits per heavy atom. The van der Waals surface area contributed by atoms with Crippen molar-refractivity contribution in [1.29, 1.82) is 0 Å². The number of alkyl halides is 1. The second kappa shape index (κ2) is 5.65. The molecule has 16 heavy (non-hydrogen) atoms. The Morgan fingerprint density at radius 2 is 2.25 bits per heavy atom. The first kappa shape index (κ1) is 11.9. The fourth-order valence-electron chi connectivity index (χ4n) is 2.23. The molecular formula is C13H17ClFN. The predicted octanol–water partition coefficient (Wildman–Crippen LogP) is 3.22. The van der Waals surface area contributed by atoms with Crippen molar-refractivity contribution in [3.05, 3.63) is 34.9 Å². The van der Waals surface area contributed by atoms with Gasteiger partial charge in [-0.1, -0.05) is 29.8 Å². The van der Waals surface area contributed by atoms with Crippen LogP contribution < -0.4 is 5.32 Å². The minimum Gasteiger partial charge on any atom is -0.316 e. The van der Waals surface area contributed by atoms with Crippen molar-refractivity contribution >= 4 is 11.6 Å². The van der Waals surface area contributed by atoms with Gasteiger partial charge in [-0.15, -0.1) is 0 Å². The van der Waals surface area contributed by atoms with Crippen LogP contribution in [-0.2, 0) is 6.42 Å². The molecule has 1 aromatic rings. The van der Waals surface area contributed by atoms with Gasteiger partial charge in [0.1, 0.15) is 6.17 Å². The molecule has 88 valence electrons. The van der Waals surface area contributed by atoms with Gasteiger partial charge in [0, 0.05) is 23.9 Å². The number of halogens is 2. The molecule has 0 aromatic heterocycles. The monoisotopic (exact) mass is 241 g/mol. The molecule has 2 unspecified atom stereocenters. The third kappa shape index (κ3) is 2.96. The summed E-state index contributed by atoms with van der Waals surface area (Å²) in [5.74, 6) is 0.144. The van der Waals surface area contributed by atoms with Gasteiger partial charge in [0.15, 0.2) is 0 Å². The van der Waals surface area contributed by atoms with Crippen molar-refractivity contribution in [2.45, 2.75) is 25.4 Å². The highest BCUT2D eigenvalue weighted by molar-refractivity contribution is 6.31. The van der Waals surface area contributed by atoms with Gasteiger partial charge < -0.3 is 5.32 Å². The van der Waals surface area contributed by atoms with Crippen LogP contribution in [0.3, 0.4) is 0 Å². The van der Waals surface area contributed by atoms with E-state index in [0.717, 1.165) is 31.5 Å². The largest absolute Gasteiger partial charge is 0.316 e. The highest BCUT2D eigenvalue weighted by Gasteiger charge is 2.23. The van der Waals surface area contributed by atoms with E-state index in [-0.39, 0.29) is 5.92 Å². The molecule has 1 aromatic carbocycles. The van der Waals surface area contributed by atoms with Gasteiger partial charge >= 0.3 is 0 Å². The molecule has 2 atom stereocenters. The summed E-state index contributed by atoms with van der Waals surface area (Å²) in [6, 6.07) is 7.52. The van der Waals surface area contributed by atoms with Gasteiger partial charge in [0.2, 0.25) is 0 Å². The maximum atomic E-state index is 14.1. The summed E-state index contributed by atoms with van der Waals surface area (Å²) in [5.41, 5.74) is 0.919. The quantitative estimate of drug-likeness (QED) is 0.857. The number of rotatable bonds is 3. The summed E-state index contributed by atoms with van der Waals surface area (Å²) in [6.45, 7) is 1.82. The van der Waals surface area contributed by atoms with Crippen molar-refractivity contribution in [3.63, 3.8) is 0 Å². The molecule has 0 amide bonds. The summed E-state index contributed by atoms with van der Waals surface area (Å²) >= 11 is 6.02. The molecule has 0 saturated carbocycles. The lowest BCUT2D eigenvalue weighted by Gasteiger charge is -2.26. The third-order valence-electron chi connectivity index (χ3n) is 3.22. The van der Waals surface area contributed by atoms with Crippen LogP contribution in [0.4, 0.5) is 4.39 Å². The van der Waals surface area contributed by atoms with Crippen LogP contribution >= 0.6 is 11.6 Å². The van der Waals surface area contributed by atoms with Crippen LogP contribution in [0.15, 0.2) is 24.3 Å². The second-order valence-corrected chi connectivity index (χ2v) is 4.83. The Balaban J connectivity index is 1.96. The zero-order valence-electron chi connectivity index (χ0n) is 9.26. The summed E-state index contributed by atoms with van der Waals surface area (Å²) < 4.78 is 14.1. The highest BCUT2D eigenvalue weighted by atomic mass is 35.5. The summed E-state index contributed by atoms with van der Waals surface area (Å²) in [5, 5.41) is 3.92. The molecule has 1 fully saturated rings. The van der Waals surface area contributed by atoms with Crippen LogP contribution in [0, 0.1) is 5.92 Å². The Kier molecular flexibility index (Phi) is 4.19. The van der Waals surface area contributed by atoms with E-state index in [1.807, 2.05) is 24.3 Å². The summed E-state index contributed by atoms with van der Waals surface area (Å²) in [4.78, 5) is 0. The molecule has 0 spiro atoms. The van der Waals surface area contributed by atoms with Crippen molar-refractivity contribution in [2.24, 2.45) is 5.92 Å². The van der Waals surface area contributed by atoms with Crippen LogP contribution in [0.1, 0.15) is 18.4 Å². The van der Waals surface area contributed by atoms with Gasteiger partial charge in [-0.3, -0.25) is 0 Å². The molecule has 1 saturated heterocycles. The second-order valence-electron chi connectivity index (χ2n) is 4.42.